The Morgan fingerprint density at radius 3 is 2.57 bits per heavy atom. The zero-order chi connectivity index (χ0) is 5.28. The molecule has 0 atom stereocenters. The quantitative estimate of drug-likeness (QED) is 0.546. The number of aromatic nitrogens is 3. The molecule has 5 heteroatoms. The van der Waals surface area contributed by atoms with E-state index in [2.05, 4.69) is 10.1 Å². The first kappa shape index (κ1) is 4.52. The molecule has 1 N–H and O–H groups in total. The highest BCUT2D eigenvalue weighted by Gasteiger charge is 1.93. The predicted molar refractivity (Wildman–Crippen MR) is 21.4 cm³/mol. The summed E-state index contributed by atoms with van der Waals surface area (Å²) < 4.78 is 11.6. The molecule has 0 aromatic carbocycles. The summed E-state index contributed by atoms with van der Waals surface area (Å²) in [6.45, 7) is 0. The summed E-state index contributed by atoms with van der Waals surface area (Å²) in [7, 11) is 0. The van der Waals surface area contributed by atoms with Gasteiger partial charge in [-0.05, 0) is 11.6 Å². The third kappa shape index (κ3) is 0.866. The summed E-state index contributed by atoms with van der Waals surface area (Å²) in [4.78, 5) is 3.04. The van der Waals surface area contributed by atoms with Gasteiger partial charge in [-0.25, -0.2) is 5.10 Å². The van der Waals surface area contributed by atoms with E-state index in [9.17, 15) is 4.39 Å². The second-order valence-electron chi connectivity index (χ2n) is 0.895. The fourth-order valence-corrected chi connectivity index (χ4v) is 0.340. The van der Waals surface area contributed by atoms with Crippen LogP contribution in [0.5, 0.6) is 0 Å². The maximum atomic E-state index is 11.6. The molecule has 0 aliphatic heterocycles. The normalized spacial score (nSPS) is 9.43. The van der Waals surface area contributed by atoms with Crippen molar-refractivity contribution in [1.82, 2.24) is 15.2 Å². The third-order valence-electron chi connectivity index (χ3n) is 0.431. The predicted octanol–water partition coefficient (Wildman–Crippen LogP) is 0.597. The lowest BCUT2D eigenvalue weighted by atomic mass is 11.3. The van der Waals surface area contributed by atoms with Gasteiger partial charge in [0, 0.05) is 0 Å². The van der Waals surface area contributed by atoms with Crippen molar-refractivity contribution in [2.75, 3.05) is 0 Å². The van der Waals surface area contributed by atoms with Gasteiger partial charge in [0.2, 0.25) is 5.28 Å². The van der Waals surface area contributed by atoms with Crippen LogP contribution < -0.4 is 0 Å². The maximum Gasteiger partial charge on any atom is 0.305 e. The Morgan fingerprint density at radius 2 is 2.43 bits per heavy atom. The number of H-pyrrole nitrogens is 1. The first-order valence-corrected chi connectivity index (χ1v) is 1.90. The number of hydrogen-bond donors (Lipinski definition) is 1. The smallest absolute Gasteiger partial charge is 0.234 e. The minimum atomic E-state index is -0.759. The van der Waals surface area contributed by atoms with Crippen LogP contribution in [-0.4, -0.2) is 15.2 Å². The van der Waals surface area contributed by atoms with Crippen molar-refractivity contribution in [3.63, 3.8) is 0 Å². The molecule has 0 saturated heterocycles. The Balaban J connectivity index is 3.04. The molecule has 1 aromatic rings. The maximum absolute atomic E-state index is 11.6. The van der Waals surface area contributed by atoms with Crippen LogP contribution in [0.1, 0.15) is 0 Å². The van der Waals surface area contributed by atoms with E-state index in [1.807, 2.05) is 5.10 Å². The highest BCUT2D eigenvalue weighted by molar-refractivity contribution is 6.28. The van der Waals surface area contributed by atoms with Crippen LogP contribution in [-0.2, 0) is 0 Å². The van der Waals surface area contributed by atoms with E-state index in [1.165, 1.54) is 0 Å². The molecule has 0 saturated carbocycles. The average Bonchev–Trinajstić information content (AvgIpc) is 1.87. The van der Waals surface area contributed by atoms with Crippen molar-refractivity contribution in [3.05, 3.63) is 11.4 Å². The Hall–Kier alpha value is -0.640. The van der Waals surface area contributed by atoms with Gasteiger partial charge in [-0.3, -0.25) is 0 Å². The minimum absolute atomic E-state index is 0.0995. The van der Waals surface area contributed by atoms with Crippen molar-refractivity contribution in [3.8, 4) is 0 Å². The summed E-state index contributed by atoms with van der Waals surface area (Å²) in [5.74, 6) is 0. The summed E-state index contributed by atoms with van der Waals surface area (Å²) in [6, 6.07) is 0. The van der Waals surface area contributed by atoms with E-state index in [-0.39, 0.29) is 5.28 Å². The molecule has 0 radical (unpaired) electrons. The van der Waals surface area contributed by atoms with E-state index in [0.717, 1.165) is 0 Å². The van der Waals surface area contributed by atoms with E-state index in [4.69, 9.17) is 11.6 Å². The van der Waals surface area contributed by atoms with Crippen LogP contribution in [0.2, 0.25) is 5.28 Å². The van der Waals surface area contributed by atoms with Gasteiger partial charge in [0.25, 0.3) is 0 Å². The fraction of sp³-hybridized carbons (Fsp3) is 0. The molecular weight excluding hydrogens is 120 g/mol. The van der Waals surface area contributed by atoms with Crippen LogP contribution in [0.25, 0.3) is 0 Å². The van der Waals surface area contributed by atoms with E-state index in [1.54, 1.807) is 0 Å². The monoisotopic (exact) mass is 121 g/mol. The van der Waals surface area contributed by atoms with E-state index in [0.29, 0.717) is 0 Å². The number of nitrogens with one attached hydrogen (secondary N) is 1. The Labute approximate surface area is 43.5 Å². The van der Waals surface area contributed by atoms with Gasteiger partial charge in [0.1, 0.15) is 0 Å². The number of nitrogens with zero attached hydrogens (tertiary/aromatic N) is 2. The summed E-state index contributed by atoms with van der Waals surface area (Å²) >= 11 is 5.07. The molecule has 3 nitrogen and oxygen atoms in total. The highest BCUT2D eigenvalue weighted by atomic mass is 35.5. The standard InChI is InChI=1S/C2HClFN3/c3-1-5-2(4)7-6-1/h(H,5,6,7). The fourth-order valence-electron chi connectivity index (χ4n) is 0.223. The van der Waals surface area contributed by atoms with Crippen molar-refractivity contribution < 1.29 is 4.39 Å². The molecule has 0 aliphatic carbocycles. The topological polar surface area (TPSA) is 41.6 Å². The van der Waals surface area contributed by atoms with Gasteiger partial charge >= 0.3 is 6.08 Å². The molecule has 0 unspecified atom stereocenters. The van der Waals surface area contributed by atoms with Crippen LogP contribution >= 0.6 is 11.6 Å². The van der Waals surface area contributed by atoms with Gasteiger partial charge in [-0.1, -0.05) is 0 Å². The molecule has 1 rings (SSSR count). The zero-order valence-corrected chi connectivity index (χ0v) is 3.91. The second kappa shape index (κ2) is 1.46. The van der Waals surface area contributed by atoms with Gasteiger partial charge in [-0.15, -0.1) is 5.10 Å². The van der Waals surface area contributed by atoms with Crippen LogP contribution in [0.4, 0.5) is 4.39 Å². The van der Waals surface area contributed by atoms with Gasteiger partial charge in [0.15, 0.2) is 0 Å². The van der Waals surface area contributed by atoms with Crippen molar-refractivity contribution in [2.24, 2.45) is 0 Å². The number of halogens is 2. The number of aromatic amines is 1. The van der Waals surface area contributed by atoms with Crippen LogP contribution in [0, 0.1) is 6.08 Å². The largest absolute Gasteiger partial charge is 0.305 e. The lowest BCUT2D eigenvalue weighted by molar-refractivity contribution is 0.544. The molecule has 1 aromatic heterocycles. The van der Waals surface area contributed by atoms with Crippen molar-refractivity contribution >= 4 is 11.6 Å². The van der Waals surface area contributed by atoms with Gasteiger partial charge < -0.3 is 0 Å². The number of rotatable bonds is 0. The molecule has 0 amide bonds. The molecule has 1 heterocycles. The summed E-state index contributed by atoms with van der Waals surface area (Å²) in [6.07, 6.45) is -0.759. The molecule has 0 fully saturated rings. The Kier molecular flexibility index (Phi) is 0.941. The van der Waals surface area contributed by atoms with Crippen LogP contribution in [0.3, 0.4) is 0 Å². The molecule has 0 spiro atoms. The first-order chi connectivity index (χ1) is 3.29. The third-order valence-corrected chi connectivity index (χ3v) is 0.600. The van der Waals surface area contributed by atoms with E-state index < -0.39 is 6.08 Å². The highest BCUT2D eigenvalue weighted by Crippen LogP contribution is 1.95. The zero-order valence-electron chi connectivity index (χ0n) is 3.15. The van der Waals surface area contributed by atoms with Crippen molar-refractivity contribution in [2.45, 2.75) is 0 Å². The molecule has 0 bridgehead atoms. The Morgan fingerprint density at radius 1 is 1.71 bits per heavy atom. The van der Waals surface area contributed by atoms with Gasteiger partial charge in [0.05, 0.1) is 0 Å². The SMILES string of the molecule is Fc1nc(Cl)n[nH]1. The minimum Gasteiger partial charge on any atom is -0.234 e. The molecule has 38 valence electrons. The first-order valence-electron chi connectivity index (χ1n) is 1.52. The lowest BCUT2D eigenvalue weighted by Crippen LogP contribution is -1.70. The van der Waals surface area contributed by atoms with Crippen molar-refractivity contribution in [1.29, 1.82) is 0 Å². The Bertz CT molecular complexity index is 145. The lowest BCUT2D eigenvalue weighted by Gasteiger charge is -1.61. The van der Waals surface area contributed by atoms with Crippen LogP contribution in [0.15, 0.2) is 0 Å². The van der Waals surface area contributed by atoms with Gasteiger partial charge in [-0.2, -0.15) is 9.37 Å². The summed E-state index contributed by atoms with van der Waals surface area (Å²) in [5, 5.41) is 4.98. The summed E-state index contributed by atoms with van der Waals surface area (Å²) in [5.41, 5.74) is 0. The van der Waals surface area contributed by atoms with E-state index >= 15 is 0 Å². The average molecular weight is 122 g/mol. The molecule has 0 aliphatic rings. The molecule has 7 heavy (non-hydrogen) atoms. The molecular formula is C2HClFN3. The number of hydrogen-bond acceptors (Lipinski definition) is 2. The second-order valence-corrected chi connectivity index (χ2v) is 1.23.